The zero-order valence-corrected chi connectivity index (χ0v) is 14.9. The Labute approximate surface area is 142 Å². The van der Waals surface area contributed by atoms with Gasteiger partial charge in [-0.15, -0.1) is 12.4 Å². The fourth-order valence-corrected chi connectivity index (χ4v) is 4.52. The highest BCUT2D eigenvalue weighted by atomic mass is 35.5. The van der Waals surface area contributed by atoms with Crippen LogP contribution in [0.3, 0.4) is 0 Å². The number of nitrogens with zero attached hydrogens (tertiary/aromatic N) is 2. The maximum atomic E-state index is 12.7. The van der Waals surface area contributed by atoms with Gasteiger partial charge < -0.3 is 10.3 Å². The Kier molecular flexibility index (Phi) is 5.06. The zero-order valence-electron chi connectivity index (χ0n) is 13.2. The van der Waals surface area contributed by atoms with Crippen molar-refractivity contribution in [3.8, 4) is 0 Å². The predicted octanol–water partition coefficient (Wildman–Crippen LogP) is 2.14. The smallest absolute Gasteiger partial charge is 0.220 e. The summed E-state index contributed by atoms with van der Waals surface area (Å²) >= 11 is 0. The first-order valence-electron chi connectivity index (χ1n) is 7.36. The average molecular weight is 360 g/mol. The van der Waals surface area contributed by atoms with Crippen LogP contribution in [0, 0.1) is 5.41 Å². The summed E-state index contributed by atoms with van der Waals surface area (Å²) in [5.41, 5.74) is 6.92. The van der Waals surface area contributed by atoms with Gasteiger partial charge in [0.05, 0.1) is 0 Å². The number of rotatable bonds is 3. The van der Waals surface area contributed by atoms with Crippen LogP contribution in [0.1, 0.15) is 26.0 Å². The van der Waals surface area contributed by atoms with Crippen LogP contribution in [0.4, 0.5) is 0 Å². The molecule has 0 aliphatic carbocycles. The Bertz CT molecular complexity index is 788. The molecule has 0 radical (unpaired) electrons. The van der Waals surface area contributed by atoms with E-state index >= 15 is 0 Å². The minimum atomic E-state index is -3.44. The molecule has 1 aliphatic heterocycles. The van der Waals surface area contributed by atoms with E-state index in [1.807, 2.05) is 32.0 Å². The van der Waals surface area contributed by atoms with Crippen LogP contribution >= 0.6 is 12.4 Å². The van der Waals surface area contributed by atoms with Gasteiger partial charge in [0.15, 0.2) is 5.58 Å². The summed E-state index contributed by atoms with van der Waals surface area (Å²) in [6.07, 6.45) is 0.672. The van der Waals surface area contributed by atoms with Crippen molar-refractivity contribution in [1.82, 2.24) is 9.46 Å². The van der Waals surface area contributed by atoms with Crippen molar-refractivity contribution in [2.75, 3.05) is 13.1 Å². The average Bonchev–Trinajstić information content (AvgIpc) is 2.84. The van der Waals surface area contributed by atoms with Gasteiger partial charge in [-0.25, -0.2) is 12.7 Å². The quantitative estimate of drug-likeness (QED) is 0.906. The monoisotopic (exact) mass is 359 g/mol. The largest absolute Gasteiger partial charge is 0.356 e. The number of para-hydroxylation sites is 1. The second-order valence-electron chi connectivity index (χ2n) is 6.60. The Morgan fingerprint density at radius 3 is 2.78 bits per heavy atom. The molecule has 0 amide bonds. The zero-order chi connectivity index (χ0) is 16.0. The van der Waals surface area contributed by atoms with Crippen LogP contribution in [0.5, 0.6) is 0 Å². The molecule has 1 aromatic heterocycles. The van der Waals surface area contributed by atoms with E-state index in [9.17, 15) is 8.42 Å². The van der Waals surface area contributed by atoms with E-state index in [2.05, 4.69) is 5.16 Å². The number of nitrogens with two attached hydrogens (primary N) is 1. The van der Waals surface area contributed by atoms with Gasteiger partial charge in [-0.1, -0.05) is 31.1 Å². The Balaban J connectivity index is 0.00000192. The molecule has 1 saturated heterocycles. The van der Waals surface area contributed by atoms with Gasteiger partial charge in [0.2, 0.25) is 10.0 Å². The summed E-state index contributed by atoms with van der Waals surface area (Å²) in [6, 6.07) is 7.31. The lowest BCUT2D eigenvalue weighted by Gasteiger charge is -2.41. The van der Waals surface area contributed by atoms with Crippen molar-refractivity contribution in [3.63, 3.8) is 0 Å². The highest BCUT2D eigenvalue weighted by Crippen LogP contribution is 2.30. The third-order valence-corrected chi connectivity index (χ3v) is 6.18. The molecule has 128 valence electrons. The minimum Gasteiger partial charge on any atom is -0.356 e. The number of hydrogen-bond donors (Lipinski definition) is 1. The molecule has 6 nitrogen and oxygen atoms in total. The van der Waals surface area contributed by atoms with Crippen molar-refractivity contribution < 1.29 is 12.9 Å². The van der Waals surface area contributed by atoms with Crippen molar-refractivity contribution in [1.29, 1.82) is 0 Å². The van der Waals surface area contributed by atoms with Gasteiger partial charge in [-0.05, 0) is 24.0 Å². The van der Waals surface area contributed by atoms with E-state index in [1.54, 1.807) is 6.07 Å². The molecule has 0 saturated carbocycles. The first-order valence-corrected chi connectivity index (χ1v) is 8.97. The van der Waals surface area contributed by atoms with E-state index in [0.29, 0.717) is 30.8 Å². The van der Waals surface area contributed by atoms with Crippen LogP contribution in [-0.4, -0.2) is 37.0 Å². The van der Waals surface area contributed by atoms with Gasteiger partial charge in [0, 0.05) is 24.5 Å². The van der Waals surface area contributed by atoms with E-state index in [4.69, 9.17) is 10.3 Å². The van der Waals surface area contributed by atoms with Crippen molar-refractivity contribution in [2.45, 2.75) is 32.1 Å². The summed E-state index contributed by atoms with van der Waals surface area (Å²) in [7, 11) is -3.44. The molecule has 1 aromatic carbocycles. The Hall–Kier alpha value is -1.15. The minimum absolute atomic E-state index is 0. The lowest BCUT2D eigenvalue weighted by molar-refractivity contribution is 0.155. The van der Waals surface area contributed by atoms with Gasteiger partial charge >= 0.3 is 0 Å². The number of benzene rings is 1. The molecule has 2 N–H and O–H groups in total. The SMILES string of the molecule is CC1(C)CN(S(=O)(=O)Cc2noc3ccccc23)CCC1N.Cl. The second kappa shape index (κ2) is 6.39. The lowest BCUT2D eigenvalue weighted by atomic mass is 9.81. The third kappa shape index (κ3) is 3.52. The number of hydrogen-bond acceptors (Lipinski definition) is 5. The van der Waals surface area contributed by atoms with Crippen LogP contribution < -0.4 is 5.73 Å². The molecule has 1 atom stereocenters. The van der Waals surface area contributed by atoms with Crippen LogP contribution in [0.2, 0.25) is 0 Å². The number of piperidine rings is 1. The molecular weight excluding hydrogens is 338 g/mol. The van der Waals surface area contributed by atoms with Crippen LogP contribution in [0.15, 0.2) is 28.8 Å². The molecule has 0 bridgehead atoms. The first-order chi connectivity index (χ1) is 10.3. The highest BCUT2D eigenvalue weighted by molar-refractivity contribution is 7.88. The van der Waals surface area contributed by atoms with Crippen LogP contribution in [-0.2, 0) is 15.8 Å². The molecule has 0 spiro atoms. The second-order valence-corrected chi connectivity index (χ2v) is 8.57. The van der Waals surface area contributed by atoms with Crippen molar-refractivity contribution in [2.24, 2.45) is 11.1 Å². The van der Waals surface area contributed by atoms with E-state index in [1.165, 1.54) is 4.31 Å². The third-order valence-electron chi connectivity index (χ3n) is 4.44. The van der Waals surface area contributed by atoms with Gasteiger partial charge in [0.25, 0.3) is 0 Å². The Morgan fingerprint density at radius 2 is 2.09 bits per heavy atom. The topological polar surface area (TPSA) is 89.4 Å². The number of aromatic nitrogens is 1. The van der Waals surface area contributed by atoms with Gasteiger partial charge in [-0.2, -0.15) is 0 Å². The standard InChI is InChI=1S/C15H21N3O3S.ClH/c1-15(2)10-18(8-7-14(15)16)22(19,20)9-12-11-5-3-4-6-13(11)21-17-12;/h3-6,14H,7-10,16H2,1-2H3;1H. The molecular formula is C15H22ClN3O3S. The number of fused-ring (bicyclic) bond motifs is 1. The van der Waals surface area contributed by atoms with E-state index in [-0.39, 0.29) is 29.6 Å². The van der Waals surface area contributed by atoms with Crippen molar-refractivity contribution in [3.05, 3.63) is 30.0 Å². The summed E-state index contributed by atoms with van der Waals surface area (Å²) in [5.74, 6) is -0.144. The first kappa shape index (κ1) is 18.2. The number of halogens is 1. The molecule has 1 unspecified atom stereocenters. The predicted molar refractivity (Wildman–Crippen MR) is 91.8 cm³/mol. The maximum Gasteiger partial charge on any atom is 0.220 e. The molecule has 2 heterocycles. The van der Waals surface area contributed by atoms with E-state index in [0.717, 1.165) is 5.39 Å². The fourth-order valence-electron chi connectivity index (χ4n) is 2.87. The maximum absolute atomic E-state index is 12.7. The lowest BCUT2D eigenvalue weighted by Crippen LogP contribution is -2.54. The molecule has 23 heavy (non-hydrogen) atoms. The molecule has 3 rings (SSSR count). The molecule has 2 aromatic rings. The van der Waals surface area contributed by atoms with Crippen LogP contribution in [0.25, 0.3) is 11.0 Å². The molecule has 1 fully saturated rings. The summed E-state index contributed by atoms with van der Waals surface area (Å²) < 4.78 is 32.1. The van der Waals surface area contributed by atoms with Gasteiger partial charge in [-0.3, -0.25) is 0 Å². The van der Waals surface area contributed by atoms with Crippen molar-refractivity contribution >= 4 is 33.4 Å². The normalized spacial score (nSPS) is 22.0. The summed E-state index contributed by atoms with van der Waals surface area (Å²) in [4.78, 5) is 0. The molecule has 1 aliphatic rings. The summed E-state index contributed by atoms with van der Waals surface area (Å²) in [5, 5.41) is 4.67. The number of sulfonamides is 1. The molecule has 8 heteroatoms. The van der Waals surface area contributed by atoms with E-state index < -0.39 is 10.0 Å². The fraction of sp³-hybridized carbons (Fsp3) is 0.533. The Morgan fingerprint density at radius 1 is 1.39 bits per heavy atom. The summed E-state index contributed by atoms with van der Waals surface area (Å²) in [6.45, 7) is 4.91. The highest BCUT2D eigenvalue weighted by Gasteiger charge is 2.38. The van der Waals surface area contributed by atoms with Gasteiger partial charge in [0.1, 0.15) is 11.4 Å².